The number of ketones is 2. The van der Waals surface area contributed by atoms with Crippen LogP contribution in [-0.4, -0.2) is 36.3 Å². The number of anilines is 1. The maximum absolute atomic E-state index is 13.4. The molecule has 0 fully saturated rings. The fourth-order valence-electron chi connectivity index (χ4n) is 5.36. The fraction of sp³-hybridized carbons (Fsp3) is 0.200. The van der Waals surface area contributed by atoms with Crippen molar-refractivity contribution in [2.24, 2.45) is 0 Å². The average Bonchev–Trinajstić information content (AvgIpc) is 3.28. The lowest BCUT2D eigenvalue weighted by atomic mass is 9.86. The molecular weight excluding hydrogens is 593 g/mol. The molecule has 0 saturated carbocycles. The summed E-state index contributed by atoms with van der Waals surface area (Å²) >= 11 is 0. The first-order valence-corrected chi connectivity index (χ1v) is 16.0. The second-order valence-corrected chi connectivity index (χ2v) is 12.8. The molecule has 0 spiro atoms. The van der Waals surface area contributed by atoms with Crippen molar-refractivity contribution in [2.75, 3.05) is 5.32 Å². The number of aliphatic hydroxyl groups is 1. The molecule has 1 unspecified atom stereocenters. The maximum Gasteiger partial charge on any atom is 0.241 e. The van der Waals surface area contributed by atoms with Gasteiger partial charge in [-0.25, -0.2) is 17.5 Å². The van der Waals surface area contributed by atoms with Crippen molar-refractivity contribution in [3.05, 3.63) is 130 Å². The first-order chi connectivity index (χ1) is 21.4. The first-order valence-electron chi connectivity index (χ1n) is 14.5. The number of carbonyl (C=O) groups is 2. The minimum absolute atomic E-state index is 0.0116. The van der Waals surface area contributed by atoms with Gasteiger partial charge in [0, 0.05) is 35.0 Å². The van der Waals surface area contributed by atoms with Gasteiger partial charge in [0.15, 0.2) is 11.6 Å². The number of sulfonamides is 1. The molecule has 232 valence electrons. The van der Waals surface area contributed by atoms with Crippen LogP contribution in [0.4, 0.5) is 10.1 Å². The van der Waals surface area contributed by atoms with Crippen molar-refractivity contribution in [1.29, 1.82) is 0 Å². The Hall–Kier alpha value is -4.64. The van der Waals surface area contributed by atoms with Crippen LogP contribution < -0.4 is 10.0 Å². The molecule has 4 aromatic rings. The standard InChI is InChI=1S/C35H34FN3O5S/c1-21-31(37-23(3)35(21)38-34(42)18-17-32(40)26-7-5-4-6-8-26)20-30-29-19-28(15-11-25(29)12-16-33(30)41)45(43,44)39-22(2)24-9-13-27(36)14-10-24/h4-11,13-15,17-20,22,34,37-39,42H,12,16H2,1-3H3/b18-17+,30-20-/t22-,34?/m1/s1. The second kappa shape index (κ2) is 13.2. The summed E-state index contributed by atoms with van der Waals surface area (Å²) in [6.07, 6.45) is 4.01. The molecule has 0 radical (unpaired) electrons. The average molecular weight is 628 g/mol. The van der Waals surface area contributed by atoms with Crippen LogP contribution in [0, 0.1) is 19.7 Å². The van der Waals surface area contributed by atoms with E-state index in [9.17, 15) is 27.5 Å². The van der Waals surface area contributed by atoms with Crippen molar-refractivity contribution >= 4 is 38.9 Å². The molecule has 5 rings (SSSR count). The Labute approximate surface area is 261 Å². The molecule has 3 aromatic carbocycles. The Bertz CT molecular complexity index is 1910. The number of aryl methyl sites for hydroxylation is 2. The number of fused-ring (bicyclic) bond motifs is 1. The van der Waals surface area contributed by atoms with Crippen LogP contribution in [0.25, 0.3) is 11.6 Å². The van der Waals surface area contributed by atoms with Gasteiger partial charge in [-0.05, 0) is 91.9 Å². The number of aliphatic hydroxyl groups excluding tert-OH is 1. The van der Waals surface area contributed by atoms with Crippen molar-refractivity contribution in [3.63, 3.8) is 0 Å². The number of carbonyl (C=O) groups excluding carboxylic acids is 2. The van der Waals surface area contributed by atoms with Crippen LogP contribution >= 0.6 is 0 Å². The molecule has 1 aliphatic rings. The number of H-pyrrole nitrogens is 1. The molecule has 0 bridgehead atoms. The van der Waals surface area contributed by atoms with Gasteiger partial charge in [0.25, 0.3) is 0 Å². The van der Waals surface area contributed by atoms with E-state index in [2.05, 4.69) is 15.0 Å². The van der Waals surface area contributed by atoms with Crippen LogP contribution in [0.3, 0.4) is 0 Å². The molecular formula is C35H34FN3O5S. The van der Waals surface area contributed by atoms with Crippen LogP contribution in [0.5, 0.6) is 0 Å². The molecule has 4 N–H and O–H groups in total. The molecule has 1 aliphatic carbocycles. The highest BCUT2D eigenvalue weighted by Gasteiger charge is 2.26. The van der Waals surface area contributed by atoms with Crippen molar-refractivity contribution in [1.82, 2.24) is 9.71 Å². The lowest BCUT2D eigenvalue weighted by molar-refractivity contribution is -0.113. The van der Waals surface area contributed by atoms with E-state index < -0.39 is 28.1 Å². The molecule has 0 saturated heterocycles. The summed E-state index contributed by atoms with van der Waals surface area (Å²) in [6.45, 7) is 5.33. The summed E-state index contributed by atoms with van der Waals surface area (Å²) < 4.78 is 42.7. The summed E-state index contributed by atoms with van der Waals surface area (Å²) in [4.78, 5) is 28.8. The Morgan fingerprint density at radius 2 is 1.73 bits per heavy atom. The summed E-state index contributed by atoms with van der Waals surface area (Å²) in [7, 11) is -3.98. The van der Waals surface area contributed by atoms with Crippen LogP contribution in [0.15, 0.2) is 89.8 Å². The molecule has 0 aliphatic heterocycles. The van der Waals surface area contributed by atoms with Gasteiger partial charge in [-0.15, -0.1) is 0 Å². The van der Waals surface area contributed by atoms with E-state index in [1.807, 2.05) is 19.9 Å². The summed E-state index contributed by atoms with van der Waals surface area (Å²) in [5.74, 6) is -0.764. The number of benzene rings is 3. The van der Waals surface area contributed by atoms with E-state index >= 15 is 0 Å². The number of rotatable bonds is 10. The summed E-state index contributed by atoms with van der Waals surface area (Å²) in [5, 5.41) is 13.6. The number of hydrogen-bond donors (Lipinski definition) is 4. The SMILES string of the molecule is Cc1[nH]c(/C=C2\C(=O)CCc3ccc(S(=O)(=O)N[C@H](C)c4ccc(F)cc4)cc32)c(C)c1NC(O)/C=C/C(=O)c1ccccc1. The van der Waals surface area contributed by atoms with Crippen molar-refractivity contribution in [2.45, 2.75) is 50.8 Å². The highest BCUT2D eigenvalue weighted by molar-refractivity contribution is 7.89. The molecule has 1 aromatic heterocycles. The fourth-order valence-corrected chi connectivity index (χ4v) is 6.61. The van der Waals surface area contributed by atoms with E-state index in [1.54, 1.807) is 43.3 Å². The third-order valence-corrected chi connectivity index (χ3v) is 9.39. The molecule has 8 nitrogen and oxygen atoms in total. The number of allylic oxidation sites excluding steroid dienone is 2. The third-order valence-electron chi connectivity index (χ3n) is 7.85. The van der Waals surface area contributed by atoms with Gasteiger partial charge in [0.05, 0.1) is 10.6 Å². The quantitative estimate of drug-likeness (QED) is 0.0965. The van der Waals surface area contributed by atoms with E-state index in [0.29, 0.717) is 45.8 Å². The van der Waals surface area contributed by atoms with Crippen molar-refractivity contribution in [3.8, 4) is 0 Å². The number of aromatic nitrogens is 1. The molecule has 45 heavy (non-hydrogen) atoms. The van der Waals surface area contributed by atoms with E-state index in [0.717, 1.165) is 11.1 Å². The second-order valence-electron chi connectivity index (χ2n) is 11.0. The predicted molar refractivity (Wildman–Crippen MR) is 173 cm³/mol. The van der Waals surface area contributed by atoms with Crippen LogP contribution in [0.1, 0.15) is 63.4 Å². The van der Waals surface area contributed by atoms with Gasteiger partial charge in [-0.2, -0.15) is 0 Å². The van der Waals surface area contributed by atoms with Gasteiger partial charge in [0.1, 0.15) is 12.0 Å². The minimum atomic E-state index is -3.98. The lowest BCUT2D eigenvalue weighted by Gasteiger charge is -2.20. The van der Waals surface area contributed by atoms with Crippen LogP contribution in [0.2, 0.25) is 0 Å². The van der Waals surface area contributed by atoms with Gasteiger partial charge in [-0.1, -0.05) is 48.5 Å². The van der Waals surface area contributed by atoms with E-state index in [1.165, 1.54) is 48.6 Å². The van der Waals surface area contributed by atoms with Gasteiger partial charge >= 0.3 is 0 Å². The number of hydrogen-bond acceptors (Lipinski definition) is 6. The largest absolute Gasteiger partial charge is 0.370 e. The number of nitrogens with one attached hydrogen (secondary N) is 3. The monoisotopic (exact) mass is 627 g/mol. The van der Waals surface area contributed by atoms with E-state index in [-0.39, 0.29) is 22.9 Å². The minimum Gasteiger partial charge on any atom is -0.370 e. The number of halogens is 1. The Morgan fingerprint density at radius 3 is 2.44 bits per heavy atom. The summed E-state index contributed by atoms with van der Waals surface area (Å²) in [6, 6.07) is 18.5. The Kier molecular flexibility index (Phi) is 9.29. The topological polar surface area (TPSA) is 128 Å². The molecule has 10 heteroatoms. The summed E-state index contributed by atoms with van der Waals surface area (Å²) in [5.41, 5.74) is 5.57. The highest BCUT2D eigenvalue weighted by Crippen LogP contribution is 2.34. The van der Waals surface area contributed by atoms with Crippen LogP contribution in [-0.2, 0) is 21.2 Å². The van der Waals surface area contributed by atoms with Gasteiger partial charge < -0.3 is 15.4 Å². The predicted octanol–water partition coefficient (Wildman–Crippen LogP) is 6.04. The van der Waals surface area contributed by atoms with Gasteiger partial charge in [-0.3, -0.25) is 9.59 Å². The Balaban J connectivity index is 1.39. The third kappa shape index (κ3) is 7.20. The highest BCUT2D eigenvalue weighted by atomic mass is 32.2. The normalized spacial score (nSPS) is 15.7. The Morgan fingerprint density at radius 1 is 1.02 bits per heavy atom. The molecule has 2 atom stereocenters. The maximum atomic E-state index is 13.4. The lowest BCUT2D eigenvalue weighted by Crippen LogP contribution is -2.27. The molecule has 0 amide bonds. The van der Waals surface area contributed by atoms with Crippen molar-refractivity contribution < 1.29 is 27.5 Å². The number of aromatic amines is 1. The zero-order valence-electron chi connectivity index (χ0n) is 25.1. The smallest absolute Gasteiger partial charge is 0.241 e. The zero-order valence-corrected chi connectivity index (χ0v) is 25.9. The number of Topliss-reactive ketones (excluding diaryl/α,β-unsaturated/α-hetero) is 1. The molecule has 1 heterocycles. The zero-order chi connectivity index (χ0) is 32.3. The first kappa shape index (κ1) is 31.8. The van der Waals surface area contributed by atoms with Gasteiger partial charge in [0.2, 0.25) is 10.0 Å². The van der Waals surface area contributed by atoms with E-state index in [4.69, 9.17) is 0 Å².